The number of nitrogens with one attached hydrogen (secondary N) is 1. The maximum Gasteiger partial charge on any atom is 0.282 e. The van der Waals surface area contributed by atoms with Crippen LogP contribution in [0.25, 0.3) is 5.57 Å². The number of methoxy groups -OCH3 is 2. The molecule has 2 amide bonds. The first-order valence-corrected chi connectivity index (χ1v) is 9.77. The zero-order valence-electron chi connectivity index (χ0n) is 17.5. The minimum Gasteiger partial charge on any atom is -0.497 e. The monoisotopic (exact) mass is 414 g/mol. The molecule has 6 heteroatoms. The van der Waals surface area contributed by atoms with Crippen LogP contribution in [0.2, 0.25) is 0 Å². The highest BCUT2D eigenvalue weighted by Crippen LogP contribution is 2.37. The molecule has 0 unspecified atom stereocenters. The average Bonchev–Trinajstić information content (AvgIpc) is 3.03. The van der Waals surface area contributed by atoms with Gasteiger partial charge >= 0.3 is 0 Å². The molecule has 3 aromatic carbocycles. The highest BCUT2D eigenvalue weighted by atomic mass is 16.5. The van der Waals surface area contributed by atoms with Gasteiger partial charge in [0, 0.05) is 11.3 Å². The van der Waals surface area contributed by atoms with Crippen LogP contribution in [-0.4, -0.2) is 26.0 Å². The van der Waals surface area contributed by atoms with E-state index in [0.717, 1.165) is 5.56 Å². The van der Waals surface area contributed by atoms with Gasteiger partial charge < -0.3 is 14.8 Å². The Kier molecular flexibility index (Phi) is 5.45. The summed E-state index contributed by atoms with van der Waals surface area (Å²) >= 11 is 0. The van der Waals surface area contributed by atoms with Gasteiger partial charge in [-0.3, -0.25) is 9.59 Å². The van der Waals surface area contributed by atoms with Crippen molar-refractivity contribution in [2.45, 2.75) is 6.92 Å². The topological polar surface area (TPSA) is 67.9 Å². The Balaban J connectivity index is 1.84. The molecule has 0 saturated heterocycles. The van der Waals surface area contributed by atoms with E-state index in [1.165, 1.54) is 12.0 Å². The first-order chi connectivity index (χ1) is 15.0. The van der Waals surface area contributed by atoms with Gasteiger partial charge in [0.15, 0.2) is 0 Å². The number of amides is 2. The number of benzene rings is 3. The largest absolute Gasteiger partial charge is 0.497 e. The lowest BCUT2D eigenvalue weighted by Gasteiger charge is -2.16. The lowest BCUT2D eigenvalue weighted by Crippen LogP contribution is -2.32. The molecule has 1 aliphatic rings. The lowest BCUT2D eigenvalue weighted by molar-refractivity contribution is -0.120. The Morgan fingerprint density at radius 3 is 2.23 bits per heavy atom. The smallest absolute Gasteiger partial charge is 0.282 e. The van der Waals surface area contributed by atoms with Crippen LogP contribution in [0.3, 0.4) is 0 Å². The third-order valence-electron chi connectivity index (χ3n) is 5.08. The summed E-state index contributed by atoms with van der Waals surface area (Å²) in [7, 11) is 3.12. The number of carbonyl (C=O) groups is 2. The molecule has 0 atom stereocenters. The number of aryl methyl sites for hydroxylation is 1. The summed E-state index contributed by atoms with van der Waals surface area (Å²) in [5.74, 6) is 0.377. The number of rotatable bonds is 6. The van der Waals surface area contributed by atoms with Gasteiger partial charge in [-0.05, 0) is 55.0 Å². The van der Waals surface area contributed by atoms with Crippen molar-refractivity contribution < 1.29 is 19.1 Å². The van der Waals surface area contributed by atoms with Crippen LogP contribution in [0, 0.1) is 6.92 Å². The molecule has 6 nitrogen and oxygen atoms in total. The minimum absolute atomic E-state index is 0.196. The molecule has 0 aromatic heterocycles. The van der Waals surface area contributed by atoms with Crippen molar-refractivity contribution in [2.24, 2.45) is 0 Å². The van der Waals surface area contributed by atoms with Crippen molar-refractivity contribution in [3.8, 4) is 11.5 Å². The maximum atomic E-state index is 13.5. The van der Waals surface area contributed by atoms with Gasteiger partial charge in [-0.15, -0.1) is 0 Å². The van der Waals surface area contributed by atoms with Gasteiger partial charge in [0.2, 0.25) is 0 Å². The van der Waals surface area contributed by atoms with Crippen molar-refractivity contribution in [1.82, 2.24) is 0 Å². The van der Waals surface area contributed by atoms with Crippen LogP contribution in [0.1, 0.15) is 11.1 Å². The summed E-state index contributed by atoms with van der Waals surface area (Å²) in [5.41, 5.74) is 3.15. The minimum atomic E-state index is -0.424. The van der Waals surface area contributed by atoms with E-state index in [2.05, 4.69) is 5.32 Å². The number of para-hydroxylation sites is 1. The Labute approximate surface area is 180 Å². The first kappa shape index (κ1) is 20.2. The number of imide groups is 1. The zero-order valence-corrected chi connectivity index (χ0v) is 17.5. The molecule has 0 saturated carbocycles. The molecule has 1 aliphatic heterocycles. The second-order valence-corrected chi connectivity index (χ2v) is 7.09. The molecule has 0 radical (unpaired) electrons. The SMILES string of the molecule is COc1ccc(NC2=C(c3ccccc3OC)C(=O)N(c3cccc(C)c3)C2=O)cc1. The van der Waals surface area contributed by atoms with Crippen LogP contribution in [0.4, 0.5) is 11.4 Å². The fraction of sp³-hybridized carbons (Fsp3) is 0.120. The second-order valence-electron chi connectivity index (χ2n) is 7.09. The second kappa shape index (κ2) is 8.36. The summed E-state index contributed by atoms with van der Waals surface area (Å²) in [6.45, 7) is 1.92. The van der Waals surface area contributed by atoms with E-state index in [-0.39, 0.29) is 11.3 Å². The molecule has 1 N–H and O–H groups in total. The molecular weight excluding hydrogens is 392 g/mol. The van der Waals surface area contributed by atoms with Gasteiger partial charge in [-0.1, -0.05) is 30.3 Å². The fourth-order valence-corrected chi connectivity index (χ4v) is 3.57. The van der Waals surface area contributed by atoms with Gasteiger partial charge in [-0.25, -0.2) is 4.90 Å². The predicted molar refractivity (Wildman–Crippen MR) is 120 cm³/mol. The van der Waals surface area contributed by atoms with E-state index < -0.39 is 11.8 Å². The van der Waals surface area contributed by atoms with Crippen LogP contribution in [0.5, 0.6) is 11.5 Å². The van der Waals surface area contributed by atoms with Crippen molar-refractivity contribution in [3.05, 3.63) is 89.6 Å². The standard InChI is InChI=1S/C25H22N2O4/c1-16-7-6-8-18(15-16)27-24(28)22(20-9-4-5-10-21(20)31-3)23(25(27)29)26-17-11-13-19(30-2)14-12-17/h4-15,26H,1-3H3. The van der Waals surface area contributed by atoms with Crippen LogP contribution < -0.4 is 19.7 Å². The zero-order chi connectivity index (χ0) is 22.0. The van der Waals surface area contributed by atoms with Crippen LogP contribution in [-0.2, 0) is 9.59 Å². The third kappa shape index (κ3) is 3.75. The number of carbonyl (C=O) groups excluding carboxylic acids is 2. The number of hydrogen-bond acceptors (Lipinski definition) is 5. The number of anilines is 2. The van der Waals surface area contributed by atoms with Crippen LogP contribution >= 0.6 is 0 Å². The summed E-state index contributed by atoms with van der Waals surface area (Å²) in [6, 6.07) is 21.6. The molecular formula is C25H22N2O4. The van der Waals surface area contributed by atoms with E-state index in [4.69, 9.17) is 9.47 Å². The molecule has 0 fully saturated rings. The molecule has 0 aliphatic carbocycles. The summed E-state index contributed by atoms with van der Waals surface area (Å²) in [4.78, 5) is 28.2. The van der Waals surface area contributed by atoms with Crippen molar-refractivity contribution >= 4 is 28.8 Å². The molecule has 31 heavy (non-hydrogen) atoms. The van der Waals surface area contributed by atoms with E-state index in [0.29, 0.717) is 28.4 Å². The van der Waals surface area contributed by atoms with Gasteiger partial charge in [-0.2, -0.15) is 0 Å². The summed E-state index contributed by atoms with van der Waals surface area (Å²) in [6.07, 6.45) is 0. The Morgan fingerprint density at radius 2 is 1.55 bits per heavy atom. The van der Waals surface area contributed by atoms with E-state index in [1.54, 1.807) is 49.6 Å². The molecule has 1 heterocycles. The Hall–Kier alpha value is -4.06. The van der Waals surface area contributed by atoms with E-state index in [1.807, 2.05) is 37.3 Å². The van der Waals surface area contributed by atoms with E-state index >= 15 is 0 Å². The van der Waals surface area contributed by atoms with E-state index in [9.17, 15) is 9.59 Å². The summed E-state index contributed by atoms with van der Waals surface area (Å²) in [5, 5.41) is 3.14. The van der Waals surface area contributed by atoms with Crippen molar-refractivity contribution in [2.75, 3.05) is 24.4 Å². The van der Waals surface area contributed by atoms with Gasteiger partial charge in [0.1, 0.15) is 17.2 Å². The molecule has 4 rings (SSSR count). The van der Waals surface area contributed by atoms with Gasteiger partial charge in [0.25, 0.3) is 11.8 Å². The number of hydrogen-bond donors (Lipinski definition) is 1. The third-order valence-corrected chi connectivity index (χ3v) is 5.08. The van der Waals surface area contributed by atoms with Crippen LogP contribution in [0.15, 0.2) is 78.5 Å². The number of ether oxygens (including phenoxy) is 2. The van der Waals surface area contributed by atoms with Crippen molar-refractivity contribution in [1.29, 1.82) is 0 Å². The lowest BCUT2D eigenvalue weighted by atomic mass is 10.0. The maximum absolute atomic E-state index is 13.5. The van der Waals surface area contributed by atoms with Gasteiger partial charge in [0.05, 0.1) is 25.5 Å². The predicted octanol–water partition coefficient (Wildman–Crippen LogP) is 4.41. The highest BCUT2D eigenvalue weighted by Gasteiger charge is 2.41. The quantitative estimate of drug-likeness (QED) is 0.605. The number of nitrogens with zero attached hydrogens (tertiary/aromatic N) is 1. The summed E-state index contributed by atoms with van der Waals surface area (Å²) < 4.78 is 10.7. The first-order valence-electron chi connectivity index (χ1n) is 9.77. The molecule has 156 valence electrons. The molecule has 3 aromatic rings. The Bertz CT molecular complexity index is 1180. The molecule has 0 bridgehead atoms. The fourth-order valence-electron chi connectivity index (χ4n) is 3.57. The van der Waals surface area contributed by atoms with Crippen molar-refractivity contribution in [3.63, 3.8) is 0 Å². The average molecular weight is 414 g/mol. The highest BCUT2D eigenvalue weighted by molar-refractivity contribution is 6.46. The molecule has 0 spiro atoms. The Morgan fingerprint density at radius 1 is 0.806 bits per heavy atom. The normalized spacial score (nSPS) is 13.6.